The van der Waals surface area contributed by atoms with Gasteiger partial charge in [-0.15, -0.1) is 0 Å². The van der Waals surface area contributed by atoms with Crippen LogP contribution in [0, 0.1) is 5.82 Å². The topological polar surface area (TPSA) is 21.3 Å². The van der Waals surface area contributed by atoms with Crippen molar-refractivity contribution in [2.24, 2.45) is 0 Å². The lowest BCUT2D eigenvalue weighted by Crippen LogP contribution is -2.14. The minimum absolute atomic E-state index is 0.276. The summed E-state index contributed by atoms with van der Waals surface area (Å²) in [7, 11) is 0. The zero-order valence-electron chi connectivity index (χ0n) is 10.5. The highest BCUT2D eigenvalue weighted by Crippen LogP contribution is 2.22. The number of halogens is 1. The maximum atomic E-state index is 13.6. The number of ether oxygens (including phenoxy) is 1. The molecule has 0 aliphatic rings. The predicted octanol–water partition coefficient (Wildman–Crippen LogP) is 3.07. The van der Waals surface area contributed by atoms with E-state index >= 15 is 0 Å². The molecule has 1 aromatic carbocycles. The molecule has 0 spiro atoms. The molecule has 0 bridgehead atoms. The van der Waals surface area contributed by atoms with Crippen LogP contribution in [-0.2, 0) is 6.54 Å². The molecule has 1 rings (SSSR count). The van der Waals surface area contributed by atoms with Gasteiger partial charge in [-0.1, -0.05) is 26.0 Å². The Kier molecular flexibility index (Phi) is 7.05. The zero-order chi connectivity index (χ0) is 12.5. The number of benzene rings is 1. The standard InChI is InChI=1S/C13H20FNOS/c1-3-15-10-11-6-5-7-12(14)13(11)16-8-9-17-4-2/h5-7,15H,3-4,8-10H2,1-2H3. The van der Waals surface area contributed by atoms with Gasteiger partial charge in [0.2, 0.25) is 0 Å². The van der Waals surface area contributed by atoms with Gasteiger partial charge in [0, 0.05) is 17.9 Å². The highest BCUT2D eigenvalue weighted by molar-refractivity contribution is 7.99. The molecule has 0 radical (unpaired) electrons. The molecule has 1 N–H and O–H groups in total. The van der Waals surface area contributed by atoms with E-state index < -0.39 is 0 Å². The number of hydrogen-bond donors (Lipinski definition) is 1. The molecule has 0 saturated carbocycles. The molecule has 0 aromatic heterocycles. The Morgan fingerprint density at radius 2 is 2.18 bits per heavy atom. The van der Waals surface area contributed by atoms with E-state index in [2.05, 4.69) is 12.2 Å². The molecule has 0 heterocycles. The average molecular weight is 257 g/mol. The molecule has 4 heteroatoms. The third-order valence-electron chi connectivity index (χ3n) is 2.29. The highest BCUT2D eigenvalue weighted by Gasteiger charge is 2.08. The summed E-state index contributed by atoms with van der Waals surface area (Å²) in [6.07, 6.45) is 0. The Balaban J connectivity index is 2.60. The lowest BCUT2D eigenvalue weighted by molar-refractivity contribution is 0.320. The summed E-state index contributed by atoms with van der Waals surface area (Å²) in [6.45, 7) is 6.19. The van der Waals surface area contributed by atoms with Crippen molar-refractivity contribution < 1.29 is 9.13 Å². The largest absolute Gasteiger partial charge is 0.489 e. The Hall–Kier alpha value is -0.740. The third kappa shape index (κ3) is 4.96. The summed E-state index contributed by atoms with van der Waals surface area (Å²) in [5.74, 6) is 2.07. The molecule has 0 aliphatic heterocycles. The van der Waals surface area contributed by atoms with Crippen molar-refractivity contribution in [2.45, 2.75) is 20.4 Å². The van der Waals surface area contributed by atoms with Gasteiger partial charge in [0.25, 0.3) is 0 Å². The van der Waals surface area contributed by atoms with Crippen LogP contribution in [0.5, 0.6) is 5.75 Å². The van der Waals surface area contributed by atoms with E-state index in [-0.39, 0.29) is 5.82 Å². The van der Waals surface area contributed by atoms with Crippen molar-refractivity contribution >= 4 is 11.8 Å². The molecule has 0 unspecified atom stereocenters. The smallest absolute Gasteiger partial charge is 0.165 e. The molecule has 0 aliphatic carbocycles. The first-order valence-corrected chi connectivity index (χ1v) is 7.13. The van der Waals surface area contributed by atoms with Gasteiger partial charge in [-0.2, -0.15) is 11.8 Å². The first-order valence-electron chi connectivity index (χ1n) is 5.98. The van der Waals surface area contributed by atoms with Crippen molar-refractivity contribution in [2.75, 3.05) is 24.7 Å². The third-order valence-corrected chi connectivity index (χ3v) is 3.16. The Labute approximate surface area is 107 Å². The maximum Gasteiger partial charge on any atom is 0.165 e. The summed E-state index contributed by atoms with van der Waals surface area (Å²) in [5, 5.41) is 3.18. The van der Waals surface area contributed by atoms with Crippen LogP contribution in [0.3, 0.4) is 0 Å². The zero-order valence-corrected chi connectivity index (χ0v) is 11.3. The lowest BCUT2D eigenvalue weighted by Gasteiger charge is -2.12. The van der Waals surface area contributed by atoms with Crippen LogP contribution in [0.2, 0.25) is 0 Å². The van der Waals surface area contributed by atoms with Crippen LogP contribution in [0.1, 0.15) is 19.4 Å². The SMILES string of the molecule is CCNCc1cccc(F)c1OCCSCC. The van der Waals surface area contributed by atoms with E-state index in [1.807, 2.05) is 13.0 Å². The average Bonchev–Trinajstić information content (AvgIpc) is 2.34. The number of nitrogens with one attached hydrogen (secondary N) is 1. The normalized spacial score (nSPS) is 10.5. The molecule has 1 aromatic rings. The van der Waals surface area contributed by atoms with Gasteiger partial charge in [-0.05, 0) is 18.4 Å². The lowest BCUT2D eigenvalue weighted by atomic mass is 10.2. The van der Waals surface area contributed by atoms with E-state index in [1.165, 1.54) is 6.07 Å². The van der Waals surface area contributed by atoms with Gasteiger partial charge < -0.3 is 10.1 Å². The number of hydrogen-bond acceptors (Lipinski definition) is 3. The van der Waals surface area contributed by atoms with E-state index in [0.717, 1.165) is 23.6 Å². The van der Waals surface area contributed by atoms with Gasteiger partial charge in [0.1, 0.15) is 0 Å². The van der Waals surface area contributed by atoms with Crippen molar-refractivity contribution in [3.05, 3.63) is 29.6 Å². The molecular weight excluding hydrogens is 237 g/mol. The Morgan fingerprint density at radius 3 is 2.88 bits per heavy atom. The van der Waals surface area contributed by atoms with Crippen molar-refractivity contribution in [3.63, 3.8) is 0 Å². The molecule has 0 saturated heterocycles. The molecule has 2 nitrogen and oxygen atoms in total. The molecule has 0 atom stereocenters. The predicted molar refractivity (Wildman–Crippen MR) is 72.3 cm³/mol. The molecule has 96 valence electrons. The van der Waals surface area contributed by atoms with Gasteiger partial charge in [-0.3, -0.25) is 0 Å². The van der Waals surface area contributed by atoms with Crippen LogP contribution < -0.4 is 10.1 Å². The Morgan fingerprint density at radius 1 is 1.35 bits per heavy atom. The van der Waals surface area contributed by atoms with Crippen LogP contribution in [0.15, 0.2) is 18.2 Å². The minimum atomic E-state index is -0.276. The Bertz CT molecular complexity index is 333. The second-order valence-corrected chi connectivity index (χ2v) is 4.95. The summed E-state index contributed by atoms with van der Waals surface area (Å²) in [6, 6.07) is 5.06. The summed E-state index contributed by atoms with van der Waals surface area (Å²) >= 11 is 1.79. The minimum Gasteiger partial charge on any atom is -0.489 e. The van der Waals surface area contributed by atoms with Crippen molar-refractivity contribution in [1.82, 2.24) is 5.32 Å². The summed E-state index contributed by atoms with van der Waals surface area (Å²) in [4.78, 5) is 0. The van der Waals surface area contributed by atoms with Crippen LogP contribution >= 0.6 is 11.8 Å². The van der Waals surface area contributed by atoms with Gasteiger partial charge in [0.15, 0.2) is 11.6 Å². The quantitative estimate of drug-likeness (QED) is 0.723. The highest BCUT2D eigenvalue weighted by atomic mass is 32.2. The monoisotopic (exact) mass is 257 g/mol. The molecular formula is C13H20FNOS. The fourth-order valence-corrected chi connectivity index (χ4v) is 1.95. The van der Waals surface area contributed by atoms with Crippen LogP contribution in [-0.4, -0.2) is 24.7 Å². The first kappa shape index (κ1) is 14.3. The second kappa shape index (κ2) is 8.37. The maximum absolute atomic E-state index is 13.6. The van der Waals surface area contributed by atoms with Gasteiger partial charge in [0.05, 0.1) is 6.61 Å². The molecule has 0 fully saturated rings. The number of thioether (sulfide) groups is 1. The van der Waals surface area contributed by atoms with E-state index in [4.69, 9.17) is 4.74 Å². The molecule has 0 amide bonds. The van der Waals surface area contributed by atoms with Crippen molar-refractivity contribution in [1.29, 1.82) is 0 Å². The number of rotatable bonds is 8. The van der Waals surface area contributed by atoms with Crippen LogP contribution in [0.25, 0.3) is 0 Å². The molecule has 17 heavy (non-hydrogen) atoms. The fraction of sp³-hybridized carbons (Fsp3) is 0.538. The van der Waals surface area contributed by atoms with Gasteiger partial charge in [-0.25, -0.2) is 4.39 Å². The van der Waals surface area contributed by atoms with Gasteiger partial charge >= 0.3 is 0 Å². The summed E-state index contributed by atoms with van der Waals surface area (Å²) < 4.78 is 19.2. The number of para-hydroxylation sites is 1. The summed E-state index contributed by atoms with van der Waals surface area (Å²) in [5.41, 5.74) is 0.883. The van der Waals surface area contributed by atoms with Crippen LogP contribution in [0.4, 0.5) is 4.39 Å². The van der Waals surface area contributed by atoms with Crippen molar-refractivity contribution in [3.8, 4) is 5.75 Å². The second-order valence-electron chi connectivity index (χ2n) is 3.55. The fourth-order valence-electron chi connectivity index (χ4n) is 1.46. The van der Waals surface area contributed by atoms with E-state index in [0.29, 0.717) is 18.9 Å². The van der Waals surface area contributed by atoms with E-state index in [9.17, 15) is 4.39 Å². The van der Waals surface area contributed by atoms with E-state index in [1.54, 1.807) is 17.8 Å². The first-order chi connectivity index (χ1) is 8.29.